The predicted molar refractivity (Wildman–Crippen MR) is 123 cm³/mol. The molecule has 31 heavy (non-hydrogen) atoms. The Kier molecular flexibility index (Phi) is 7.08. The number of benzene rings is 1. The molecular weight excluding hydrogens is 390 g/mol. The van der Waals surface area contributed by atoms with Gasteiger partial charge < -0.3 is 20.0 Å². The number of piperidine rings is 1. The SMILES string of the molecule is CCc1ccc(C(NC(=O)C2CCN(C(=O)Nc3cccc(C)c3)CC2)C(C)(C)C)o1. The Labute approximate surface area is 185 Å². The smallest absolute Gasteiger partial charge is 0.321 e. The lowest BCUT2D eigenvalue weighted by Gasteiger charge is -2.34. The fourth-order valence-corrected chi connectivity index (χ4v) is 3.98. The number of furan rings is 1. The van der Waals surface area contributed by atoms with E-state index in [9.17, 15) is 9.59 Å². The van der Waals surface area contributed by atoms with Crippen LogP contribution in [0.3, 0.4) is 0 Å². The van der Waals surface area contributed by atoms with Crippen LogP contribution < -0.4 is 10.6 Å². The van der Waals surface area contributed by atoms with Crippen molar-refractivity contribution in [2.45, 2.75) is 59.9 Å². The molecule has 3 amide bonds. The second kappa shape index (κ2) is 9.58. The van der Waals surface area contributed by atoms with E-state index in [2.05, 4.69) is 38.3 Å². The number of hydrogen-bond acceptors (Lipinski definition) is 3. The van der Waals surface area contributed by atoms with Gasteiger partial charge in [0.1, 0.15) is 11.5 Å². The highest BCUT2D eigenvalue weighted by Gasteiger charge is 2.34. The van der Waals surface area contributed by atoms with Gasteiger partial charge in [0.25, 0.3) is 0 Å². The van der Waals surface area contributed by atoms with Gasteiger partial charge in [0.05, 0.1) is 6.04 Å². The molecule has 1 fully saturated rings. The molecule has 1 aliphatic rings. The van der Waals surface area contributed by atoms with E-state index < -0.39 is 0 Å². The van der Waals surface area contributed by atoms with E-state index in [1.54, 1.807) is 4.90 Å². The maximum absolute atomic E-state index is 13.0. The van der Waals surface area contributed by atoms with Crippen LogP contribution in [0.25, 0.3) is 0 Å². The van der Waals surface area contributed by atoms with Gasteiger partial charge in [-0.1, -0.05) is 39.8 Å². The van der Waals surface area contributed by atoms with Gasteiger partial charge in [-0.2, -0.15) is 0 Å². The van der Waals surface area contributed by atoms with Crippen LogP contribution >= 0.6 is 0 Å². The molecule has 0 aliphatic carbocycles. The summed E-state index contributed by atoms with van der Waals surface area (Å²) in [6.45, 7) is 11.5. The van der Waals surface area contributed by atoms with Crippen LogP contribution in [0.15, 0.2) is 40.8 Å². The standard InChI is InChI=1S/C25H35N3O3/c1-6-20-10-11-21(31-20)22(25(3,4)5)27-23(29)18-12-14-28(15-13-18)24(30)26-19-9-7-8-17(2)16-19/h7-11,16,18,22H,6,12-15H2,1-5H3,(H,26,30)(H,27,29). The summed E-state index contributed by atoms with van der Waals surface area (Å²) in [6, 6.07) is 11.4. The highest BCUT2D eigenvalue weighted by molar-refractivity contribution is 5.89. The largest absolute Gasteiger partial charge is 0.464 e. The summed E-state index contributed by atoms with van der Waals surface area (Å²) in [6.07, 6.45) is 2.14. The van der Waals surface area contributed by atoms with Crippen molar-refractivity contribution in [3.05, 3.63) is 53.5 Å². The maximum atomic E-state index is 13.0. The first-order chi connectivity index (χ1) is 14.7. The van der Waals surface area contributed by atoms with Crippen LogP contribution in [0.2, 0.25) is 0 Å². The molecule has 1 saturated heterocycles. The lowest BCUT2D eigenvalue weighted by Crippen LogP contribution is -2.46. The minimum Gasteiger partial charge on any atom is -0.464 e. The first kappa shape index (κ1) is 22.9. The molecule has 1 atom stereocenters. The average Bonchev–Trinajstić information content (AvgIpc) is 3.20. The third kappa shape index (κ3) is 5.90. The summed E-state index contributed by atoms with van der Waals surface area (Å²) in [7, 11) is 0. The maximum Gasteiger partial charge on any atom is 0.321 e. The van der Waals surface area contributed by atoms with Gasteiger partial charge in [-0.3, -0.25) is 4.79 Å². The Morgan fingerprint density at radius 1 is 1.16 bits per heavy atom. The fourth-order valence-electron chi connectivity index (χ4n) is 3.98. The molecule has 0 bridgehead atoms. The minimum atomic E-state index is -0.192. The Balaban J connectivity index is 1.56. The number of hydrogen-bond donors (Lipinski definition) is 2. The number of likely N-dealkylation sites (tertiary alicyclic amines) is 1. The highest BCUT2D eigenvalue weighted by atomic mass is 16.3. The number of urea groups is 1. The molecular formula is C25H35N3O3. The van der Waals surface area contributed by atoms with Crippen molar-refractivity contribution in [1.29, 1.82) is 0 Å². The van der Waals surface area contributed by atoms with Crippen LogP contribution in [-0.2, 0) is 11.2 Å². The average molecular weight is 426 g/mol. The van der Waals surface area contributed by atoms with Crippen LogP contribution in [0.4, 0.5) is 10.5 Å². The van der Waals surface area contributed by atoms with E-state index in [4.69, 9.17) is 4.42 Å². The zero-order valence-corrected chi connectivity index (χ0v) is 19.3. The van der Waals surface area contributed by atoms with E-state index in [1.165, 1.54) is 0 Å². The zero-order valence-electron chi connectivity index (χ0n) is 19.3. The molecule has 1 aliphatic heterocycles. The van der Waals surface area contributed by atoms with E-state index in [0.29, 0.717) is 25.9 Å². The summed E-state index contributed by atoms with van der Waals surface area (Å²) in [5.41, 5.74) is 1.72. The summed E-state index contributed by atoms with van der Waals surface area (Å²) < 4.78 is 5.95. The first-order valence-corrected chi connectivity index (χ1v) is 11.2. The molecule has 2 aromatic rings. The Hall–Kier alpha value is -2.76. The third-order valence-corrected chi connectivity index (χ3v) is 5.89. The van der Waals surface area contributed by atoms with Crippen molar-refractivity contribution in [2.24, 2.45) is 11.3 Å². The molecule has 3 rings (SSSR count). The molecule has 2 heterocycles. The molecule has 0 spiro atoms. The minimum absolute atomic E-state index is 0.0353. The summed E-state index contributed by atoms with van der Waals surface area (Å²) >= 11 is 0. The van der Waals surface area contributed by atoms with Crippen LogP contribution in [0.5, 0.6) is 0 Å². The van der Waals surface area contributed by atoms with Crippen LogP contribution in [-0.4, -0.2) is 29.9 Å². The summed E-state index contributed by atoms with van der Waals surface area (Å²) in [4.78, 5) is 27.4. The summed E-state index contributed by atoms with van der Waals surface area (Å²) in [5, 5.41) is 6.17. The van der Waals surface area contributed by atoms with Gasteiger partial charge >= 0.3 is 6.03 Å². The van der Waals surface area contributed by atoms with Crippen molar-refractivity contribution in [3.8, 4) is 0 Å². The molecule has 1 aromatic heterocycles. The molecule has 168 valence electrons. The number of aryl methyl sites for hydroxylation is 2. The molecule has 0 radical (unpaired) electrons. The second-order valence-corrected chi connectivity index (χ2v) is 9.53. The fraction of sp³-hybridized carbons (Fsp3) is 0.520. The highest BCUT2D eigenvalue weighted by Crippen LogP contribution is 2.34. The van der Waals surface area contributed by atoms with Crippen molar-refractivity contribution >= 4 is 17.6 Å². The second-order valence-electron chi connectivity index (χ2n) is 9.53. The van der Waals surface area contributed by atoms with Gasteiger partial charge in [-0.05, 0) is 55.0 Å². The number of nitrogens with zero attached hydrogens (tertiary/aromatic N) is 1. The Morgan fingerprint density at radius 2 is 1.87 bits per heavy atom. The molecule has 6 nitrogen and oxygen atoms in total. The van der Waals surface area contributed by atoms with Crippen molar-refractivity contribution < 1.29 is 14.0 Å². The van der Waals surface area contributed by atoms with Gasteiger partial charge in [0.15, 0.2) is 0 Å². The lowest BCUT2D eigenvalue weighted by molar-refractivity contribution is -0.128. The molecule has 1 unspecified atom stereocenters. The van der Waals surface area contributed by atoms with Crippen LogP contribution in [0, 0.1) is 18.3 Å². The van der Waals surface area contributed by atoms with E-state index >= 15 is 0 Å². The van der Waals surface area contributed by atoms with E-state index in [0.717, 1.165) is 29.2 Å². The molecule has 2 N–H and O–H groups in total. The summed E-state index contributed by atoms with van der Waals surface area (Å²) in [5.74, 6) is 1.65. The Morgan fingerprint density at radius 3 is 2.45 bits per heavy atom. The normalized spacial score (nSPS) is 16.1. The third-order valence-electron chi connectivity index (χ3n) is 5.89. The van der Waals surface area contributed by atoms with Gasteiger partial charge in [-0.25, -0.2) is 4.79 Å². The van der Waals surface area contributed by atoms with Gasteiger partial charge in [-0.15, -0.1) is 0 Å². The van der Waals surface area contributed by atoms with Crippen LogP contribution in [0.1, 0.15) is 63.7 Å². The quantitative estimate of drug-likeness (QED) is 0.683. The number of carbonyl (C=O) groups is 2. The van der Waals surface area contributed by atoms with E-state index in [1.807, 2.05) is 43.3 Å². The number of carbonyl (C=O) groups excluding carboxylic acids is 2. The molecule has 6 heteroatoms. The monoisotopic (exact) mass is 425 g/mol. The first-order valence-electron chi connectivity index (χ1n) is 11.2. The molecule has 0 saturated carbocycles. The van der Waals surface area contributed by atoms with Gasteiger partial charge in [0.2, 0.25) is 5.91 Å². The molecule has 1 aromatic carbocycles. The van der Waals surface area contributed by atoms with Crippen molar-refractivity contribution in [3.63, 3.8) is 0 Å². The number of anilines is 1. The van der Waals surface area contributed by atoms with Gasteiger partial charge in [0, 0.05) is 31.1 Å². The van der Waals surface area contributed by atoms with Crippen molar-refractivity contribution in [1.82, 2.24) is 10.2 Å². The number of rotatable bonds is 5. The Bertz CT molecular complexity index is 905. The zero-order chi connectivity index (χ0) is 22.6. The predicted octanol–water partition coefficient (Wildman–Crippen LogP) is 5.30. The van der Waals surface area contributed by atoms with Crippen molar-refractivity contribution in [2.75, 3.05) is 18.4 Å². The lowest BCUT2D eigenvalue weighted by atomic mass is 9.84. The number of amides is 3. The van der Waals surface area contributed by atoms with E-state index in [-0.39, 0.29) is 29.3 Å². The number of nitrogens with one attached hydrogen (secondary N) is 2. The topological polar surface area (TPSA) is 74.6 Å².